The summed E-state index contributed by atoms with van der Waals surface area (Å²) < 4.78 is 13.0. The van der Waals surface area contributed by atoms with Crippen molar-refractivity contribution in [3.8, 4) is 5.75 Å². The first kappa shape index (κ1) is 14.7. The van der Waals surface area contributed by atoms with Crippen molar-refractivity contribution in [3.63, 3.8) is 0 Å². The molecule has 4 heteroatoms. The van der Waals surface area contributed by atoms with Gasteiger partial charge in [-0.25, -0.2) is 4.39 Å². The van der Waals surface area contributed by atoms with E-state index in [-0.39, 0.29) is 17.6 Å². The van der Waals surface area contributed by atoms with Crippen molar-refractivity contribution in [2.75, 3.05) is 5.32 Å². The molecule has 0 aliphatic heterocycles. The van der Waals surface area contributed by atoms with Gasteiger partial charge in [-0.05, 0) is 55.7 Å². The maximum Gasteiger partial charge on any atom is 0.124 e. The molecule has 0 radical (unpaired) electrons. The van der Waals surface area contributed by atoms with Crippen LogP contribution in [0.25, 0.3) is 0 Å². The second kappa shape index (κ2) is 6.62. The molecule has 2 N–H and O–H groups in total. The Bertz CT molecular complexity index is 571. The molecule has 2 aromatic rings. The maximum atomic E-state index is 13.0. The van der Waals surface area contributed by atoms with E-state index < -0.39 is 0 Å². The molecule has 0 amide bonds. The van der Waals surface area contributed by atoms with Crippen LogP contribution in [-0.4, -0.2) is 11.1 Å². The molecule has 2 nitrogen and oxygen atoms in total. The molecule has 106 valence electrons. The molecule has 0 aromatic heterocycles. The lowest BCUT2D eigenvalue weighted by molar-refractivity contribution is 0.475. The van der Waals surface area contributed by atoms with Gasteiger partial charge in [0.25, 0.3) is 0 Å². The average Bonchev–Trinajstić information content (AvgIpc) is 2.41. The molecule has 1 atom stereocenters. The normalized spacial score (nSPS) is 12.2. The molecule has 0 saturated carbocycles. The van der Waals surface area contributed by atoms with Gasteiger partial charge in [-0.3, -0.25) is 0 Å². The zero-order chi connectivity index (χ0) is 14.5. The van der Waals surface area contributed by atoms with Crippen LogP contribution in [0.15, 0.2) is 42.5 Å². The fourth-order valence-corrected chi connectivity index (χ4v) is 2.21. The van der Waals surface area contributed by atoms with E-state index in [0.29, 0.717) is 5.02 Å². The third-order valence-corrected chi connectivity index (χ3v) is 3.45. The van der Waals surface area contributed by atoms with Crippen molar-refractivity contribution in [2.45, 2.75) is 25.8 Å². The first-order chi connectivity index (χ1) is 9.54. The van der Waals surface area contributed by atoms with E-state index in [1.807, 2.05) is 12.1 Å². The van der Waals surface area contributed by atoms with E-state index in [1.165, 1.54) is 17.7 Å². The quantitative estimate of drug-likeness (QED) is 0.843. The number of anilines is 1. The number of hydrogen-bond acceptors (Lipinski definition) is 2. The molecule has 2 aromatic carbocycles. The minimum atomic E-state index is -0.336. The Morgan fingerprint density at radius 1 is 1.20 bits per heavy atom. The van der Waals surface area contributed by atoms with Crippen molar-refractivity contribution in [1.29, 1.82) is 0 Å². The monoisotopic (exact) mass is 293 g/mol. The van der Waals surface area contributed by atoms with Crippen LogP contribution in [0, 0.1) is 5.82 Å². The zero-order valence-electron chi connectivity index (χ0n) is 11.2. The van der Waals surface area contributed by atoms with Crippen LogP contribution in [0.4, 0.5) is 10.1 Å². The number of nitrogens with one attached hydrogen (secondary N) is 1. The summed E-state index contributed by atoms with van der Waals surface area (Å²) in [6, 6.07) is 11.7. The number of aromatic hydroxyl groups is 1. The van der Waals surface area contributed by atoms with Crippen LogP contribution in [0.1, 0.15) is 18.9 Å². The molecule has 1 unspecified atom stereocenters. The summed E-state index contributed by atoms with van der Waals surface area (Å²) in [5.41, 5.74) is 1.91. The van der Waals surface area contributed by atoms with Gasteiger partial charge in [0.2, 0.25) is 0 Å². The van der Waals surface area contributed by atoms with Crippen molar-refractivity contribution in [2.24, 2.45) is 0 Å². The fourth-order valence-electron chi connectivity index (χ4n) is 1.99. The predicted octanol–water partition coefficient (Wildman–Crippen LogP) is 4.62. The number of aryl methyl sites for hydroxylation is 1. The Morgan fingerprint density at radius 3 is 2.55 bits per heavy atom. The van der Waals surface area contributed by atoms with Crippen LogP contribution in [-0.2, 0) is 6.42 Å². The Morgan fingerprint density at radius 2 is 1.90 bits per heavy atom. The van der Waals surface area contributed by atoms with Gasteiger partial charge in [0.1, 0.15) is 11.6 Å². The van der Waals surface area contributed by atoms with Gasteiger partial charge >= 0.3 is 0 Å². The lowest BCUT2D eigenvalue weighted by Crippen LogP contribution is -2.16. The first-order valence-corrected chi connectivity index (χ1v) is 6.92. The van der Waals surface area contributed by atoms with Gasteiger partial charge < -0.3 is 10.4 Å². The van der Waals surface area contributed by atoms with E-state index in [0.717, 1.165) is 18.5 Å². The van der Waals surface area contributed by atoms with Crippen LogP contribution in [0.3, 0.4) is 0 Å². The topological polar surface area (TPSA) is 32.3 Å². The molecule has 0 saturated heterocycles. The molecule has 20 heavy (non-hydrogen) atoms. The molecular formula is C16H17ClFNO. The highest BCUT2D eigenvalue weighted by Crippen LogP contribution is 2.23. The minimum Gasteiger partial charge on any atom is -0.508 e. The van der Waals surface area contributed by atoms with Gasteiger partial charge in [-0.2, -0.15) is 0 Å². The second-order valence-electron chi connectivity index (χ2n) is 4.87. The van der Waals surface area contributed by atoms with E-state index >= 15 is 0 Å². The fraction of sp³-hybridized carbons (Fsp3) is 0.250. The highest BCUT2D eigenvalue weighted by Gasteiger charge is 2.06. The number of phenols is 1. The Labute approximate surface area is 123 Å². The smallest absolute Gasteiger partial charge is 0.124 e. The summed E-state index contributed by atoms with van der Waals surface area (Å²) in [5, 5.41) is 12.9. The summed E-state index contributed by atoms with van der Waals surface area (Å²) in [6.45, 7) is 2.06. The SMILES string of the molecule is CC(CCc1ccc(O)cc1)Nc1ccc(F)cc1Cl. The lowest BCUT2D eigenvalue weighted by Gasteiger charge is -2.16. The second-order valence-corrected chi connectivity index (χ2v) is 5.28. The molecule has 2 rings (SSSR count). The van der Waals surface area contributed by atoms with E-state index in [2.05, 4.69) is 12.2 Å². The highest BCUT2D eigenvalue weighted by atomic mass is 35.5. The number of phenolic OH excluding ortho intramolecular Hbond substituents is 1. The summed E-state index contributed by atoms with van der Waals surface area (Å²) in [7, 11) is 0. The van der Waals surface area contributed by atoms with E-state index in [4.69, 9.17) is 11.6 Å². The summed E-state index contributed by atoms with van der Waals surface area (Å²) >= 11 is 5.98. The van der Waals surface area contributed by atoms with Gasteiger partial charge in [-0.15, -0.1) is 0 Å². The highest BCUT2D eigenvalue weighted by molar-refractivity contribution is 6.33. The van der Waals surface area contributed by atoms with Crippen molar-refractivity contribution in [3.05, 3.63) is 58.9 Å². The lowest BCUT2D eigenvalue weighted by atomic mass is 10.1. The molecular weight excluding hydrogens is 277 g/mol. The van der Waals surface area contributed by atoms with Crippen LogP contribution < -0.4 is 5.32 Å². The predicted molar refractivity (Wildman–Crippen MR) is 80.9 cm³/mol. The zero-order valence-corrected chi connectivity index (χ0v) is 12.0. The largest absolute Gasteiger partial charge is 0.508 e. The van der Waals surface area contributed by atoms with Crippen LogP contribution >= 0.6 is 11.6 Å². The van der Waals surface area contributed by atoms with Gasteiger partial charge in [0.15, 0.2) is 0 Å². The Balaban J connectivity index is 1.89. The molecule has 0 fully saturated rings. The van der Waals surface area contributed by atoms with Crippen molar-refractivity contribution < 1.29 is 9.50 Å². The minimum absolute atomic E-state index is 0.215. The van der Waals surface area contributed by atoms with Crippen LogP contribution in [0.5, 0.6) is 5.75 Å². The Hall–Kier alpha value is -1.74. The van der Waals surface area contributed by atoms with E-state index in [1.54, 1.807) is 18.2 Å². The van der Waals surface area contributed by atoms with Crippen LogP contribution in [0.2, 0.25) is 5.02 Å². The number of benzene rings is 2. The third kappa shape index (κ3) is 4.14. The third-order valence-electron chi connectivity index (χ3n) is 3.14. The standard InChI is InChI=1S/C16H17ClFNO/c1-11(2-3-12-4-7-14(20)8-5-12)19-16-9-6-13(18)10-15(16)17/h4-11,19-20H,2-3H2,1H3. The summed E-state index contributed by atoms with van der Waals surface area (Å²) in [5.74, 6) is -0.0599. The van der Waals surface area contributed by atoms with Gasteiger partial charge in [0.05, 0.1) is 10.7 Å². The number of hydrogen-bond donors (Lipinski definition) is 2. The average molecular weight is 294 g/mol. The first-order valence-electron chi connectivity index (χ1n) is 6.54. The van der Waals surface area contributed by atoms with Gasteiger partial charge in [0, 0.05) is 6.04 Å². The maximum absolute atomic E-state index is 13.0. The Kier molecular flexibility index (Phi) is 4.85. The van der Waals surface area contributed by atoms with Gasteiger partial charge in [-0.1, -0.05) is 23.7 Å². The number of rotatable bonds is 5. The summed E-state index contributed by atoms with van der Waals surface area (Å²) in [4.78, 5) is 0. The number of halogens is 2. The molecule has 0 aliphatic rings. The molecule has 0 spiro atoms. The molecule has 0 heterocycles. The van der Waals surface area contributed by atoms with Crippen molar-refractivity contribution >= 4 is 17.3 Å². The summed E-state index contributed by atoms with van der Waals surface area (Å²) in [6.07, 6.45) is 1.81. The van der Waals surface area contributed by atoms with Crippen molar-refractivity contribution in [1.82, 2.24) is 0 Å². The molecule has 0 aliphatic carbocycles. The molecule has 0 bridgehead atoms. The van der Waals surface area contributed by atoms with E-state index in [9.17, 15) is 9.50 Å².